The summed E-state index contributed by atoms with van der Waals surface area (Å²) in [6.07, 6.45) is 10.2. The number of carboxylic acid groups (broad SMARTS) is 1. The minimum Gasteiger partial charge on any atom is -0.481 e. The van der Waals surface area contributed by atoms with Gasteiger partial charge in [-0.1, -0.05) is 43.5 Å². The third kappa shape index (κ3) is 5.25. The van der Waals surface area contributed by atoms with E-state index < -0.39 is 5.97 Å². The number of nitrogens with one attached hydrogen (secondary N) is 1. The number of hydrogen-bond donors (Lipinski definition) is 2. The van der Waals surface area contributed by atoms with Crippen molar-refractivity contribution in [2.45, 2.75) is 90.0 Å². The molecule has 1 heterocycles. The van der Waals surface area contributed by atoms with E-state index in [0.29, 0.717) is 18.8 Å². The van der Waals surface area contributed by atoms with Crippen molar-refractivity contribution in [3.05, 3.63) is 56.3 Å². The second-order valence-corrected chi connectivity index (χ2v) is 11.1. The van der Waals surface area contributed by atoms with Gasteiger partial charge in [0.25, 0.3) is 5.91 Å². The van der Waals surface area contributed by atoms with Crippen LogP contribution in [0.1, 0.15) is 101 Å². The van der Waals surface area contributed by atoms with Crippen LogP contribution in [0.3, 0.4) is 0 Å². The smallest absolute Gasteiger partial charge is 0.306 e. The van der Waals surface area contributed by atoms with Crippen LogP contribution in [0.25, 0.3) is 0 Å². The molecule has 4 rings (SSSR count). The van der Waals surface area contributed by atoms with Crippen molar-refractivity contribution in [2.75, 3.05) is 0 Å². The van der Waals surface area contributed by atoms with Gasteiger partial charge in [-0.05, 0) is 81.4 Å². The van der Waals surface area contributed by atoms with Gasteiger partial charge >= 0.3 is 5.97 Å². The molecule has 2 aromatic rings. The third-order valence-electron chi connectivity index (χ3n) is 7.46. The van der Waals surface area contributed by atoms with Crippen LogP contribution < -0.4 is 5.32 Å². The molecular formula is C27H35NO3S. The molecule has 5 heteroatoms. The van der Waals surface area contributed by atoms with Crippen molar-refractivity contribution in [2.24, 2.45) is 5.92 Å². The normalized spacial score (nSPS) is 21.9. The lowest BCUT2D eigenvalue weighted by molar-refractivity contribution is -0.142. The Kier molecular flexibility index (Phi) is 7.34. The van der Waals surface area contributed by atoms with Crippen LogP contribution in [0.5, 0.6) is 0 Å². The number of carboxylic acids is 1. The average Bonchev–Trinajstić information content (AvgIpc) is 3.08. The highest BCUT2D eigenvalue weighted by Crippen LogP contribution is 2.34. The van der Waals surface area contributed by atoms with E-state index >= 15 is 0 Å². The molecule has 2 fully saturated rings. The largest absolute Gasteiger partial charge is 0.481 e. The predicted octanol–water partition coefficient (Wildman–Crippen LogP) is 6.38. The molecule has 0 radical (unpaired) electrons. The minimum absolute atomic E-state index is 0.000509. The highest BCUT2D eigenvalue weighted by atomic mass is 32.1. The first-order valence-corrected chi connectivity index (χ1v) is 13.0. The van der Waals surface area contributed by atoms with Crippen LogP contribution in [-0.2, 0) is 11.2 Å². The Bertz CT molecular complexity index is 948. The summed E-state index contributed by atoms with van der Waals surface area (Å²) >= 11 is 1.70. The van der Waals surface area contributed by atoms with Crippen LogP contribution in [0.4, 0.5) is 0 Å². The summed E-state index contributed by atoms with van der Waals surface area (Å²) in [4.78, 5) is 26.7. The van der Waals surface area contributed by atoms with E-state index in [2.05, 4.69) is 36.5 Å². The first-order chi connectivity index (χ1) is 15.4. The lowest BCUT2D eigenvalue weighted by atomic mass is 9.83. The number of carbonyl (C=O) groups excluding carboxylic acids is 1. The van der Waals surface area contributed by atoms with Gasteiger partial charge in [-0.3, -0.25) is 9.59 Å². The number of aliphatic carboxylic acids is 1. The summed E-state index contributed by atoms with van der Waals surface area (Å²) in [5.41, 5.74) is 4.67. The SMILES string of the molecule is Cc1sc(C)c(C(=O)NC2CCC(C(=O)O)CC2)c1Cc1ccc(C2CCCCC2)cc1. The molecule has 0 unspecified atom stereocenters. The van der Waals surface area contributed by atoms with Crippen molar-refractivity contribution in [3.8, 4) is 0 Å². The summed E-state index contributed by atoms with van der Waals surface area (Å²) in [5, 5.41) is 12.4. The molecular weight excluding hydrogens is 418 g/mol. The average molecular weight is 454 g/mol. The summed E-state index contributed by atoms with van der Waals surface area (Å²) in [7, 11) is 0. The second kappa shape index (κ2) is 10.2. The maximum absolute atomic E-state index is 13.2. The first kappa shape index (κ1) is 23.0. The van der Waals surface area contributed by atoms with Gasteiger partial charge in [-0.15, -0.1) is 11.3 Å². The van der Waals surface area contributed by atoms with Crippen LogP contribution in [0, 0.1) is 19.8 Å². The van der Waals surface area contributed by atoms with E-state index in [9.17, 15) is 14.7 Å². The van der Waals surface area contributed by atoms with Gasteiger partial charge in [-0.25, -0.2) is 0 Å². The molecule has 2 N–H and O–H groups in total. The lowest BCUT2D eigenvalue weighted by Crippen LogP contribution is -2.39. The number of carbonyl (C=O) groups is 2. The molecule has 1 amide bonds. The van der Waals surface area contributed by atoms with Gasteiger partial charge < -0.3 is 10.4 Å². The quantitative estimate of drug-likeness (QED) is 0.533. The molecule has 4 nitrogen and oxygen atoms in total. The first-order valence-electron chi connectivity index (χ1n) is 12.1. The number of aryl methyl sites for hydroxylation is 2. The van der Waals surface area contributed by atoms with Gasteiger partial charge in [0.1, 0.15) is 0 Å². The molecule has 0 atom stereocenters. The van der Waals surface area contributed by atoms with Crippen LogP contribution in [0.15, 0.2) is 24.3 Å². The molecule has 2 saturated carbocycles. The van der Waals surface area contributed by atoms with Crippen LogP contribution in [-0.4, -0.2) is 23.0 Å². The van der Waals surface area contributed by atoms with E-state index in [4.69, 9.17) is 0 Å². The fourth-order valence-electron chi connectivity index (χ4n) is 5.53. The van der Waals surface area contributed by atoms with Gasteiger partial charge in [-0.2, -0.15) is 0 Å². The molecule has 0 aliphatic heterocycles. The van der Waals surface area contributed by atoms with Crippen molar-refractivity contribution >= 4 is 23.2 Å². The fraction of sp³-hybridized carbons (Fsp3) is 0.556. The van der Waals surface area contributed by atoms with Crippen LogP contribution >= 0.6 is 11.3 Å². The Morgan fingerprint density at radius 2 is 1.59 bits per heavy atom. The standard InChI is InChI=1S/C27H35NO3S/c1-17-24(16-19-8-10-21(11-9-19)20-6-4-3-5-7-20)25(18(2)32-17)26(29)28-23-14-12-22(13-15-23)27(30)31/h8-11,20,22-23H,3-7,12-16H2,1-2H3,(H,28,29)(H,30,31). The number of rotatable bonds is 6. The lowest BCUT2D eigenvalue weighted by Gasteiger charge is -2.27. The molecule has 0 saturated heterocycles. The van der Waals surface area contributed by atoms with E-state index in [0.717, 1.165) is 35.3 Å². The van der Waals surface area contributed by atoms with Crippen molar-refractivity contribution in [3.63, 3.8) is 0 Å². The zero-order chi connectivity index (χ0) is 22.7. The molecule has 1 aromatic carbocycles. The van der Waals surface area contributed by atoms with Gasteiger partial charge in [0.05, 0.1) is 11.5 Å². The highest BCUT2D eigenvalue weighted by Gasteiger charge is 2.28. The van der Waals surface area contributed by atoms with E-state index in [1.807, 2.05) is 6.92 Å². The molecule has 1 aromatic heterocycles. The maximum atomic E-state index is 13.2. The number of benzene rings is 1. The third-order valence-corrected chi connectivity index (χ3v) is 8.52. The zero-order valence-corrected chi connectivity index (χ0v) is 20.1. The predicted molar refractivity (Wildman–Crippen MR) is 130 cm³/mol. The number of hydrogen-bond acceptors (Lipinski definition) is 3. The summed E-state index contributed by atoms with van der Waals surface area (Å²) in [6.45, 7) is 4.14. The van der Waals surface area contributed by atoms with E-state index in [1.54, 1.807) is 11.3 Å². The molecule has 0 bridgehead atoms. The van der Waals surface area contributed by atoms with Crippen molar-refractivity contribution < 1.29 is 14.7 Å². The molecule has 0 spiro atoms. The van der Waals surface area contributed by atoms with Gasteiger partial charge in [0, 0.05) is 15.8 Å². The van der Waals surface area contributed by atoms with Crippen molar-refractivity contribution in [1.82, 2.24) is 5.32 Å². The summed E-state index contributed by atoms with van der Waals surface area (Å²) < 4.78 is 0. The van der Waals surface area contributed by atoms with Crippen LogP contribution in [0.2, 0.25) is 0 Å². The Hall–Kier alpha value is -2.14. The molecule has 32 heavy (non-hydrogen) atoms. The number of amides is 1. The van der Waals surface area contributed by atoms with Gasteiger partial charge in [0.15, 0.2) is 0 Å². The minimum atomic E-state index is -0.712. The Morgan fingerprint density at radius 3 is 2.22 bits per heavy atom. The Balaban J connectivity index is 1.44. The fourth-order valence-corrected chi connectivity index (χ4v) is 6.61. The summed E-state index contributed by atoms with van der Waals surface area (Å²) in [5.74, 6) is -0.267. The molecule has 172 valence electrons. The Morgan fingerprint density at radius 1 is 0.938 bits per heavy atom. The summed E-state index contributed by atoms with van der Waals surface area (Å²) in [6, 6.07) is 9.14. The molecule has 2 aliphatic carbocycles. The Labute approximate surface area is 195 Å². The van der Waals surface area contributed by atoms with E-state index in [1.165, 1.54) is 48.1 Å². The molecule has 2 aliphatic rings. The maximum Gasteiger partial charge on any atom is 0.306 e. The van der Waals surface area contributed by atoms with Crippen molar-refractivity contribution in [1.29, 1.82) is 0 Å². The number of thiophene rings is 1. The zero-order valence-electron chi connectivity index (χ0n) is 19.3. The highest BCUT2D eigenvalue weighted by molar-refractivity contribution is 7.12. The monoisotopic (exact) mass is 453 g/mol. The second-order valence-electron chi connectivity index (χ2n) is 9.68. The van der Waals surface area contributed by atoms with Gasteiger partial charge in [0.2, 0.25) is 0 Å². The topological polar surface area (TPSA) is 66.4 Å². The van der Waals surface area contributed by atoms with E-state index in [-0.39, 0.29) is 17.9 Å².